The monoisotopic (exact) mass is 392 g/mol. The molecule has 1 heterocycles. The van der Waals surface area contributed by atoms with E-state index in [2.05, 4.69) is 10.6 Å². The van der Waals surface area contributed by atoms with Crippen LogP contribution in [0.1, 0.15) is 32.8 Å². The van der Waals surface area contributed by atoms with E-state index in [9.17, 15) is 9.59 Å². The number of aryl methyl sites for hydroxylation is 2. The van der Waals surface area contributed by atoms with Gasteiger partial charge in [-0.25, -0.2) is 0 Å². The molecular weight excluding hydrogens is 368 g/mol. The van der Waals surface area contributed by atoms with E-state index in [1.807, 2.05) is 38.1 Å². The van der Waals surface area contributed by atoms with Crippen molar-refractivity contribution in [2.45, 2.75) is 26.9 Å². The molecule has 0 aliphatic heterocycles. The first kappa shape index (κ1) is 20.2. The fourth-order valence-electron chi connectivity index (χ4n) is 2.86. The highest BCUT2D eigenvalue weighted by Gasteiger charge is 2.09. The number of hydrogen-bond acceptors (Lipinski definition) is 4. The maximum Gasteiger partial charge on any atom is 0.258 e. The number of ether oxygens (including phenoxy) is 1. The van der Waals surface area contributed by atoms with E-state index < -0.39 is 0 Å². The van der Waals surface area contributed by atoms with Crippen LogP contribution >= 0.6 is 0 Å². The van der Waals surface area contributed by atoms with Gasteiger partial charge in [-0.1, -0.05) is 29.8 Å². The van der Waals surface area contributed by atoms with Gasteiger partial charge in [-0.15, -0.1) is 0 Å². The number of carbonyl (C=O) groups is 2. The van der Waals surface area contributed by atoms with Crippen LogP contribution in [0.5, 0.6) is 5.75 Å². The second kappa shape index (κ2) is 9.59. The largest absolute Gasteiger partial charge is 0.484 e. The van der Waals surface area contributed by atoms with Crippen LogP contribution in [-0.4, -0.2) is 18.4 Å². The van der Waals surface area contributed by atoms with Crippen LogP contribution in [0.2, 0.25) is 0 Å². The third kappa shape index (κ3) is 5.97. The summed E-state index contributed by atoms with van der Waals surface area (Å²) in [5.74, 6) is 0.956. The summed E-state index contributed by atoms with van der Waals surface area (Å²) in [6.07, 6.45) is 1.56. The van der Waals surface area contributed by atoms with E-state index in [1.165, 1.54) is 0 Å². The normalized spacial score (nSPS) is 10.4. The summed E-state index contributed by atoms with van der Waals surface area (Å²) in [5, 5.41) is 5.61. The van der Waals surface area contributed by atoms with E-state index in [-0.39, 0.29) is 18.4 Å². The number of hydrogen-bond donors (Lipinski definition) is 2. The van der Waals surface area contributed by atoms with Crippen molar-refractivity contribution in [1.82, 2.24) is 10.6 Å². The zero-order chi connectivity index (χ0) is 20.6. The fraction of sp³-hybridized carbons (Fsp3) is 0.217. The van der Waals surface area contributed by atoms with Crippen LogP contribution in [0.25, 0.3) is 0 Å². The first-order valence-corrected chi connectivity index (χ1v) is 9.37. The molecule has 0 spiro atoms. The van der Waals surface area contributed by atoms with Gasteiger partial charge in [-0.05, 0) is 55.3 Å². The molecule has 0 atom stereocenters. The van der Waals surface area contributed by atoms with Crippen LogP contribution in [0.3, 0.4) is 0 Å². The Labute approximate surface area is 169 Å². The average Bonchev–Trinajstić information content (AvgIpc) is 3.24. The number of furan rings is 1. The first-order valence-electron chi connectivity index (χ1n) is 9.37. The minimum absolute atomic E-state index is 0.0623. The van der Waals surface area contributed by atoms with Gasteiger partial charge in [0.2, 0.25) is 0 Å². The summed E-state index contributed by atoms with van der Waals surface area (Å²) in [6, 6.07) is 16.5. The molecule has 0 saturated carbocycles. The van der Waals surface area contributed by atoms with E-state index in [0.717, 1.165) is 16.7 Å². The van der Waals surface area contributed by atoms with E-state index in [4.69, 9.17) is 9.15 Å². The highest BCUT2D eigenvalue weighted by molar-refractivity contribution is 5.94. The minimum atomic E-state index is -0.224. The number of carbonyl (C=O) groups excluding carboxylic acids is 2. The van der Waals surface area contributed by atoms with Crippen LogP contribution < -0.4 is 15.4 Å². The predicted molar refractivity (Wildman–Crippen MR) is 110 cm³/mol. The molecule has 2 N–H and O–H groups in total. The van der Waals surface area contributed by atoms with Crippen molar-refractivity contribution in [3.05, 3.63) is 88.9 Å². The van der Waals surface area contributed by atoms with E-state index in [1.54, 1.807) is 36.6 Å². The molecule has 2 amide bonds. The zero-order valence-corrected chi connectivity index (χ0v) is 16.5. The van der Waals surface area contributed by atoms with Crippen LogP contribution in [0.4, 0.5) is 0 Å². The molecule has 0 aliphatic carbocycles. The predicted octanol–water partition coefficient (Wildman–Crippen LogP) is 3.52. The second-order valence-electron chi connectivity index (χ2n) is 6.80. The first-order chi connectivity index (χ1) is 14.0. The highest BCUT2D eigenvalue weighted by Crippen LogP contribution is 2.18. The van der Waals surface area contributed by atoms with Gasteiger partial charge in [0.1, 0.15) is 11.5 Å². The van der Waals surface area contributed by atoms with Gasteiger partial charge in [0.25, 0.3) is 11.8 Å². The Morgan fingerprint density at radius 3 is 2.59 bits per heavy atom. The Balaban J connectivity index is 1.48. The van der Waals surface area contributed by atoms with Crippen LogP contribution in [0, 0.1) is 13.8 Å². The van der Waals surface area contributed by atoms with Gasteiger partial charge in [-0.3, -0.25) is 9.59 Å². The Morgan fingerprint density at radius 2 is 1.83 bits per heavy atom. The molecule has 0 fully saturated rings. The fourth-order valence-corrected chi connectivity index (χ4v) is 2.86. The number of benzene rings is 2. The van der Waals surface area contributed by atoms with Gasteiger partial charge >= 0.3 is 0 Å². The molecule has 1 aromatic heterocycles. The van der Waals surface area contributed by atoms with Crippen LogP contribution in [-0.2, 0) is 17.9 Å². The molecule has 0 aliphatic rings. The Kier molecular flexibility index (Phi) is 6.68. The lowest BCUT2D eigenvalue weighted by atomic mass is 10.1. The van der Waals surface area contributed by atoms with E-state index in [0.29, 0.717) is 30.2 Å². The van der Waals surface area contributed by atoms with Crippen molar-refractivity contribution < 1.29 is 18.7 Å². The minimum Gasteiger partial charge on any atom is -0.484 e. The maximum absolute atomic E-state index is 12.3. The van der Waals surface area contributed by atoms with Crippen molar-refractivity contribution in [3.63, 3.8) is 0 Å². The van der Waals surface area contributed by atoms with Crippen molar-refractivity contribution in [1.29, 1.82) is 0 Å². The van der Waals surface area contributed by atoms with E-state index >= 15 is 0 Å². The van der Waals surface area contributed by atoms with Crippen molar-refractivity contribution in [2.75, 3.05) is 6.61 Å². The smallest absolute Gasteiger partial charge is 0.258 e. The molecule has 29 heavy (non-hydrogen) atoms. The highest BCUT2D eigenvalue weighted by atomic mass is 16.5. The topological polar surface area (TPSA) is 80.6 Å². The summed E-state index contributed by atoms with van der Waals surface area (Å²) >= 11 is 0. The summed E-state index contributed by atoms with van der Waals surface area (Å²) in [4.78, 5) is 24.4. The third-order valence-corrected chi connectivity index (χ3v) is 4.37. The summed E-state index contributed by atoms with van der Waals surface area (Å²) in [5.41, 5.74) is 3.49. The molecule has 0 bridgehead atoms. The molecule has 6 nitrogen and oxygen atoms in total. The molecule has 150 valence electrons. The molecule has 2 aromatic carbocycles. The van der Waals surface area contributed by atoms with Gasteiger partial charge in [0.05, 0.1) is 12.8 Å². The maximum atomic E-state index is 12.3. The standard InChI is InChI=1S/C23H24N2O4/c1-16-8-9-21(17(2)11-16)29-15-22(26)24-13-18-5-3-6-19(12-18)23(27)25-14-20-7-4-10-28-20/h3-12H,13-15H2,1-2H3,(H,24,26)(H,25,27). The summed E-state index contributed by atoms with van der Waals surface area (Å²) < 4.78 is 10.8. The second-order valence-corrected chi connectivity index (χ2v) is 6.80. The molecule has 6 heteroatoms. The molecule has 3 aromatic rings. The SMILES string of the molecule is Cc1ccc(OCC(=O)NCc2cccc(C(=O)NCc3ccco3)c2)c(C)c1. The summed E-state index contributed by atoms with van der Waals surface area (Å²) in [7, 11) is 0. The molecule has 0 saturated heterocycles. The average molecular weight is 392 g/mol. The van der Waals surface area contributed by atoms with Gasteiger partial charge in [0, 0.05) is 12.1 Å². The van der Waals surface area contributed by atoms with Crippen molar-refractivity contribution >= 4 is 11.8 Å². The number of amides is 2. The summed E-state index contributed by atoms with van der Waals surface area (Å²) in [6.45, 7) is 4.53. The lowest BCUT2D eigenvalue weighted by Gasteiger charge is -2.11. The Hall–Kier alpha value is -3.54. The van der Waals surface area contributed by atoms with Crippen molar-refractivity contribution in [3.8, 4) is 5.75 Å². The van der Waals surface area contributed by atoms with Crippen LogP contribution in [0.15, 0.2) is 65.3 Å². The molecular formula is C23H24N2O4. The molecule has 0 radical (unpaired) electrons. The van der Waals surface area contributed by atoms with Gasteiger partial charge in [0.15, 0.2) is 6.61 Å². The Morgan fingerprint density at radius 1 is 0.966 bits per heavy atom. The zero-order valence-electron chi connectivity index (χ0n) is 16.5. The quantitative estimate of drug-likeness (QED) is 0.615. The van der Waals surface area contributed by atoms with Gasteiger partial charge < -0.3 is 19.8 Å². The number of rotatable bonds is 8. The molecule has 0 unspecified atom stereocenters. The Bertz CT molecular complexity index is 980. The van der Waals surface area contributed by atoms with Crippen molar-refractivity contribution in [2.24, 2.45) is 0 Å². The third-order valence-electron chi connectivity index (χ3n) is 4.37. The van der Waals surface area contributed by atoms with Gasteiger partial charge in [-0.2, -0.15) is 0 Å². The lowest BCUT2D eigenvalue weighted by molar-refractivity contribution is -0.123. The lowest BCUT2D eigenvalue weighted by Crippen LogP contribution is -2.28. The number of nitrogens with one attached hydrogen (secondary N) is 2. The molecule has 3 rings (SSSR count).